The number of sulfonamides is 1. The van der Waals surface area contributed by atoms with E-state index in [1.54, 1.807) is 18.2 Å². The molecule has 0 atom stereocenters. The number of piperazine rings is 1. The van der Waals surface area contributed by atoms with Gasteiger partial charge < -0.3 is 0 Å². The molecule has 0 saturated carbocycles. The fourth-order valence-electron chi connectivity index (χ4n) is 2.27. The second-order valence-electron chi connectivity index (χ2n) is 5.11. The quantitative estimate of drug-likeness (QED) is 0.808. The minimum absolute atomic E-state index is 0.173. The van der Waals surface area contributed by atoms with E-state index < -0.39 is 10.0 Å². The Hall–Kier alpha value is -0.140. The smallest absolute Gasteiger partial charge is 0.244 e. The Morgan fingerprint density at radius 1 is 1.20 bits per heavy atom. The summed E-state index contributed by atoms with van der Waals surface area (Å²) in [5.74, 6) is 0. The zero-order valence-electron chi connectivity index (χ0n) is 11.5. The van der Waals surface area contributed by atoms with Gasteiger partial charge >= 0.3 is 0 Å². The van der Waals surface area contributed by atoms with Crippen LogP contribution in [0, 0.1) is 0 Å². The summed E-state index contributed by atoms with van der Waals surface area (Å²) in [5.41, 5.74) is 0. The summed E-state index contributed by atoms with van der Waals surface area (Å²) in [7, 11) is -3.52. The van der Waals surface area contributed by atoms with Crippen LogP contribution in [0.25, 0.3) is 0 Å². The molecule has 1 aromatic rings. The number of hydrogen-bond acceptors (Lipinski definition) is 3. The first-order valence-corrected chi connectivity index (χ1v) is 9.12. The molecule has 1 aromatic carbocycles. The lowest BCUT2D eigenvalue weighted by molar-refractivity contribution is 0.154. The van der Waals surface area contributed by atoms with Crippen molar-refractivity contribution in [3.63, 3.8) is 0 Å². The van der Waals surface area contributed by atoms with Crippen LogP contribution in [0.15, 0.2) is 27.6 Å². The lowest BCUT2D eigenvalue weighted by Crippen LogP contribution is -2.50. The van der Waals surface area contributed by atoms with Gasteiger partial charge in [-0.1, -0.05) is 27.5 Å². The Bertz CT molecular complexity index is 584. The van der Waals surface area contributed by atoms with E-state index in [4.69, 9.17) is 11.6 Å². The van der Waals surface area contributed by atoms with Gasteiger partial charge in [-0.2, -0.15) is 4.31 Å². The van der Waals surface area contributed by atoms with Gasteiger partial charge in [-0.3, -0.25) is 4.90 Å². The normalized spacial score (nSPS) is 18.6. The molecule has 0 N–H and O–H groups in total. The fourth-order valence-corrected chi connectivity index (χ4v) is 4.71. The predicted octanol–water partition coefficient (Wildman–Crippen LogP) is 2.82. The zero-order chi connectivity index (χ0) is 14.9. The molecule has 0 amide bonds. The molecule has 0 aliphatic carbocycles. The van der Waals surface area contributed by atoms with Crippen molar-refractivity contribution in [2.24, 2.45) is 0 Å². The van der Waals surface area contributed by atoms with Crippen LogP contribution in [0.5, 0.6) is 0 Å². The fraction of sp³-hybridized carbons (Fsp3) is 0.538. The topological polar surface area (TPSA) is 40.6 Å². The van der Waals surface area contributed by atoms with Crippen LogP contribution in [0.1, 0.15) is 13.8 Å². The van der Waals surface area contributed by atoms with Crippen molar-refractivity contribution in [1.82, 2.24) is 9.21 Å². The summed E-state index contributed by atoms with van der Waals surface area (Å²) in [5, 5.41) is 0.263. The highest BCUT2D eigenvalue weighted by molar-refractivity contribution is 9.10. The van der Waals surface area contributed by atoms with Crippen molar-refractivity contribution < 1.29 is 8.42 Å². The second-order valence-corrected chi connectivity index (χ2v) is 8.34. The maximum absolute atomic E-state index is 12.6. The molecule has 20 heavy (non-hydrogen) atoms. The van der Waals surface area contributed by atoms with Crippen molar-refractivity contribution in [3.8, 4) is 0 Å². The van der Waals surface area contributed by atoms with Crippen LogP contribution in [-0.2, 0) is 10.0 Å². The number of hydrogen-bond donors (Lipinski definition) is 0. The molecule has 1 fully saturated rings. The van der Waals surface area contributed by atoms with Crippen molar-refractivity contribution >= 4 is 37.6 Å². The van der Waals surface area contributed by atoms with E-state index in [0.29, 0.717) is 23.6 Å². The molecule has 4 nitrogen and oxygen atoms in total. The van der Waals surface area contributed by atoms with E-state index in [9.17, 15) is 8.42 Å². The van der Waals surface area contributed by atoms with Crippen LogP contribution in [0.4, 0.5) is 0 Å². The summed E-state index contributed by atoms with van der Waals surface area (Å²) in [6.07, 6.45) is 0. The molecule has 0 spiro atoms. The average Bonchev–Trinajstić information content (AvgIpc) is 2.41. The molecule has 112 valence electrons. The number of nitrogens with zero attached hydrogens (tertiary/aromatic N) is 2. The van der Waals surface area contributed by atoms with E-state index >= 15 is 0 Å². The largest absolute Gasteiger partial charge is 0.298 e. The van der Waals surface area contributed by atoms with Gasteiger partial charge in [0.1, 0.15) is 4.90 Å². The Labute approximate surface area is 133 Å². The highest BCUT2D eigenvalue weighted by atomic mass is 79.9. The molecule has 7 heteroatoms. The maximum Gasteiger partial charge on any atom is 0.244 e. The summed E-state index contributed by atoms with van der Waals surface area (Å²) >= 11 is 9.33. The second kappa shape index (κ2) is 6.32. The van der Waals surface area contributed by atoms with E-state index in [2.05, 4.69) is 34.7 Å². The van der Waals surface area contributed by atoms with Crippen LogP contribution in [-0.4, -0.2) is 49.8 Å². The van der Waals surface area contributed by atoms with E-state index in [-0.39, 0.29) is 9.92 Å². The Morgan fingerprint density at radius 3 is 2.35 bits per heavy atom. The monoisotopic (exact) mass is 380 g/mol. The molecule has 0 unspecified atom stereocenters. The molecular weight excluding hydrogens is 364 g/mol. The molecule has 1 aliphatic rings. The SMILES string of the molecule is CC(C)N1CCN(S(=O)(=O)c2cc(Br)ccc2Cl)CC1. The van der Waals surface area contributed by atoms with Crippen LogP contribution in [0.3, 0.4) is 0 Å². The summed E-state index contributed by atoms with van der Waals surface area (Å²) in [4.78, 5) is 2.45. The van der Waals surface area contributed by atoms with Gasteiger partial charge in [0, 0.05) is 36.7 Å². The Morgan fingerprint density at radius 2 is 1.80 bits per heavy atom. The third-order valence-corrected chi connectivity index (χ3v) is 6.39. The van der Waals surface area contributed by atoms with Gasteiger partial charge in [0.25, 0.3) is 0 Å². The average molecular weight is 382 g/mol. The van der Waals surface area contributed by atoms with Crippen molar-refractivity contribution in [3.05, 3.63) is 27.7 Å². The van der Waals surface area contributed by atoms with E-state index in [0.717, 1.165) is 13.1 Å². The third kappa shape index (κ3) is 3.36. The van der Waals surface area contributed by atoms with Crippen LogP contribution < -0.4 is 0 Å². The molecule has 0 radical (unpaired) electrons. The number of benzene rings is 1. The molecule has 0 aromatic heterocycles. The molecule has 2 rings (SSSR count). The van der Waals surface area contributed by atoms with E-state index in [1.807, 2.05) is 0 Å². The lowest BCUT2D eigenvalue weighted by atomic mass is 10.3. The maximum atomic E-state index is 12.6. The Kier molecular flexibility index (Phi) is 5.13. The first kappa shape index (κ1) is 16.2. The Balaban J connectivity index is 2.22. The number of rotatable bonds is 3. The van der Waals surface area contributed by atoms with Gasteiger partial charge in [-0.05, 0) is 32.0 Å². The van der Waals surface area contributed by atoms with Crippen molar-refractivity contribution in [2.45, 2.75) is 24.8 Å². The van der Waals surface area contributed by atoms with Gasteiger partial charge in [-0.25, -0.2) is 8.42 Å². The number of halogens is 2. The van der Waals surface area contributed by atoms with Gasteiger partial charge in [0.2, 0.25) is 10.0 Å². The van der Waals surface area contributed by atoms with Crippen LogP contribution in [0.2, 0.25) is 5.02 Å². The minimum Gasteiger partial charge on any atom is -0.298 e. The highest BCUT2D eigenvalue weighted by Crippen LogP contribution is 2.28. The predicted molar refractivity (Wildman–Crippen MR) is 84.6 cm³/mol. The molecule has 1 saturated heterocycles. The molecule has 1 aliphatic heterocycles. The third-order valence-electron chi connectivity index (χ3n) is 3.51. The van der Waals surface area contributed by atoms with Gasteiger partial charge in [0.05, 0.1) is 5.02 Å². The summed E-state index contributed by atoms with van der Waals surface area (Å²) < 4.78 is 27.5. The molecular formula is C13H18BrClN2O2S. The van der Waals surface area contributed by atoms with Crippen LogP contribution >= 0.6 is 27.5 Å². The van der Waals surface area contributed by atoms with Gasteiger partial charge in [0.15, 0.2) is 0 Å². The highest BCUT2D eigenvalue weighted by Gasteiger charge is 2.30. The standard InChI is InChI=1S/C13H18BrClN2O2S/c1-10(2)16-5-7-17(8-6-16)20(18,19)13-9-11(14)3-4-12(13)15/h3-4,9-10H,5-8H2,1-2H3. The minimum atomic E-state index is -3.52. The molecule has 1 heterocycles. The first-order valence-electron chi connectivity index (χ1n) is 6.51. The molecule has 0 bridgehead atoms. The van der Waals surface area contributed by atoms with Crippen molar-refractivity contribution in [1.29, 1.82) is 0 Å². The van der Waals surface area contributed by atoms with Crippen molar-refractivity contribution in [2.75, 3.05) is 26.2 Å². The van der Waals surface area contributed by atoms with Gasteiger partial charge in [-0.15, -0.1) is 0 Å². The summed E-state index contributed by atoms with van der Waals surface area (Å²) in [6, 6.07) is 5.34. The van der Waals surface area contributed by atoms with E-state index in [1.165, 1.54) is 4.31 Å². The summed E-state index contributed by atoms with van der Waals surface area (Å²) in [6.45, 7) is 6.75. The first-order chi connectivity index (χ1) is 9.32. The zero-order valence-corrected chi connectivity index (χ0v) is 14.7. The lowest BCUT2D eigenvalue weighted by Gasteiger charge is -2.36.